The van der Waals surface area contributed by atoms with Crippen molar-refractivity contribution in [1.29, 1.82) is 0 Å². The van der Waals surface area contributed by atoms with E-state index in [1.165, 1.54) is 4.57 Å². The lowest BCUT2D eigenvalue weighted by molar-refractivity contribution is 0.808. The molecule has 0 amide bonds. The van der Waals surface area contributed by atoms with Crippen LogP contribution in [0.3, 0.4) is 0 Å². The third kappa shape index (κ3) is 4.74. The molecule has 2 aromatic carbocycles. The maximum atomic E-state index is 12.6. The van der Waals surface area contributed by atoms with Gasteiger partial charge in [-0.1, -0.05) is 54.1 Å². The number of hydrogen-bond donors (Lipinski definition) is 2. The molecule has 8 nitrogen and oxygen atoms in total. The lowest BCUT2D eigenvalue weighted by Crippen LogP contribution is -2.29. The summed E-state index contributed by atoms with van der Waals surface area (Å²) < 4.78 is 3.69. The first-order valence-corrected chi connectivity index (χ1v) is 10.7. The van der Waals surface area contributed by atoms with Gasteiger partial charge in [0.15, 0.2) is 11.2 Å². The van der Waals surface area contributed by atoms with E-state index in [9.17, 15) is 9.59 Å². The van der Waals surface area contributed by atoms with E-state index in [-0.39, 0.29) is 11.2 Å². The molecule has 2 N–H and O–H groups in total. The van der Waals surface area contributed by atoms with Crippen LogP contribution >= 0.6 is 27.5 Å². The number of hydrazone groups is 1. The highest BCUT2D eigenvalue weighted by molar-refractivity contribution is 9.12. The number of hydrogen-bond acceptors (Lipinski definition) is 5. The van der Waals surface area contributed by atoms with Crippen LogP contribution in [0.4, 0.5) is 5.95 Å². The summed E-state index contributed by atoms with van der Waals surface area (Å²) in [6.07, 6.45) is 3.50. The van der Waals surface area contributed by atoms with Gasteiger partial charge in [0.2, 0.25) is 5.95 Å². The molecule has 0 aliphatic heterocycles. The smallest absolute Gasteiger partial charge is 0.298 e. The quantitative estimate of drug-likeness (QED) is 0.301. The molecule has 4 rings (SSSR count). The average Bonchev–Trinajstić information content (AvgIpc) is 3.13. The van der Waals surface area contributed by atoms with Crippen molar-refractivity contribution in [1.82, 2.24) is 19.1 Å². The number of anilines is 1. The Morgan fingerprint density at radius 1 is 1.19 bits per heavy atom. The molecule has 0 unspecified atom stereocenters. The second-order valence-corrected chi connectivity index (χ2v) is 8.30. The molecule has 0 fully saturated rings. The fraction of sp³-hybridized carbons (Fsp3) is 0.0909. The van der Waals surface area contributed by atoms with Crippen LogP contribution in [0, 0.1) is 0 Å². The Bertz CT molecular complexity index is 1440. The Morgan fingerprint density at radius 2 is 1.91 bits per heavy atom. The van der Waals surface area contributed by atoms with Gasteiger partial charge in [-0.25, -0.2) is 10.2 Å². The number of halogens is 2. The van der Waals surface area contributed by atoms with E-state index in [1.54, 1.807) is 30.0 Å². The molecule has 0 bridgehead atoms. The second kappa shape index (κ2) is 9.37. The predicted octanol–water partition coefficient (Wildman–Crippen LogP) is 3.96. The highest BCUT2D eigenvalue weighted by atomic mass is 79.9. The molecule has 0 aliphatic rings. The van der Waals surface area contributed by atoms with Crippen LogP contribution in [0.25, 0.3) is 17.2 Å². The summed E-state index contributed by atoms with van der Waals surface area (Å²) in [4.78, 5) is 31.4. The minimum atomic E-state index is -0.540. The monoisotopic (exact) mass is 512 g/mol. The van der Waals surface area contributed by atoms with Crippen molar-refractivity contribution >= 4 is 56.9 Å². The summed E-state index contributed by atoms with van der Waals surface area (Å²) in [6.45, 7) is 0.327. The van der Waals surface area contributed by atoms with E-state index < -0.39 is 11.2 Å². The minimum absolute atomic E-state index is 0.254. The lowest BCUT2D eigenvalue weighted by Gasteiger charge is -2.08. The summed E-state index contributed by atoms with van der Waals surface area (Å²) in [6, 6.07) is 17.0. The maximum Gasteiger partial charge on any atom is 0.329 e. The number of H-pyrrole nitrogens is 1. The van der Waals surface area contributed by atoms with Crippen LogP contribution in [0.1, 0.15) is 11.1 Å². The molecule has 0 spiro atoms. The van der Waals surface area contributed by atoms with Crippen LogP contribution in [0.2, 0.25) is 5.02 Å². The van der Waals surface area contributed by atoms with Gasteiger partial charge in [0.05, 0.1) is 12.8 Å². The Morgan fingerprint density at radius 3 is 2.62 bits per heavy atom. The molecule has 0 saturated heterocycles. The zero-order valence-corrected chi connectivity index (χ0v) is 19.3. The predicted molar refractivity (Wildman–Crippen MR) is 132 cm³/mol. The number of benzene rings is 2. The molecule has 32 heavy (non-hydrogen) atoms. The summed E-state index contributed by atoms with van der Waals surface area (Å²) >= 11 is 9.45. The minimum Gasteiger partial charge on any atom is -0.298 e. The van der Waals surface area contributed by atoms with Crippen molar-refractivity contribution in [2.45, 2.75) is 6.54 Å². The highest BCUT2D eigenvalue weighted by Crippen LogP contribution is 2.19. The van der Waals surface area contributed by atoms with Gasteiger partial charge in [-0.05, 0) is 45.3 Å². The van der Waals surface area contributed by atoms with Gasteiger partial charge < -0.3 is 0 Å². The van der Waals surface area contributed by atoms with Crippen LogP contribution in [-0.4, -0.2) is 25.3 Å². The van der Waals surface area contributed by atoms with Gasteiger partial charge in [0, 0.05) is 16.6 Å². The van der Waals surface area contributed by atoms with Crippen molar-refractivity contribution in [3.8, 4) is 0 Å². The van der Waals surface area contributed by atoms with Crippen molar-refractivity contribution in [2.24, 2.45) is 12.1 Å². The Labute approximate surface area is 196 Å². The van der Waals surface area contributed by atoms with Gasteiger partial charge in [0.25, 0.3) is 5.56 Å². The first-order valence-electron chi connectivity index (χ1n) is 9.57. The van der Waals surface area contributed by atoms with E-state index >= 15 is 0 Å². The van der Waals surface area contributed by atoms with Crippen molar-refractivity contribution in [3.05, 3.63) is 96.1 Å². The summed E-state index contributed by atoms with van der Waals surface area (Å²) in [7, 11) is 1.55. The van der Waals surface area contributed by atoms with Crippen molar-refractivity contribution in [3.63, 3.8) is 0 Å². The average molecular weight is 514 g/mol. The van der Waals surface area contributed by atoms with E-state index in [4.69, 9.17) is 11.6 Å². The van der Waals surface area contributed by atoms with Gasteiger partial charge in [-0.15, -0.1) is 0 Å². The standard InChI is InChI=1S/C22H18BrClN6O2/c1-29-19-18(20(31)27-22(29)32)30(13-15-7-9-17(24)10-8-15)21(26-19)28-25-12-16(23)11-14-5-3-2-4-6-14/h2-12H,13H2,1H3,(H,26,28)(H,27,31,32)/b16-11-,25-12-. The summed E-state index contributed by atoms with van der Waals surface area (Å²) in [5.74, 6) is 0.318. The van der Waals surface area contributed by atoms with Crippen LogP contribution in [-0.2, 0) is 13.6 Å². The molecule has 162 valence electrons. The largest absolute Gasteiger partial charge is 0.329 e. The van der Waals surface area contributed by atoms with Crippen molar-refractivity contribution < 1.29 is 0 Å². The second-order valence-electron chi connectivity index (χ2n) is 6.95. The molecule has 10 heteroatoms. The normalized spacial score (nSPS) is 12.0. The van der Waals surface area contributed by atoms with E-state index in [2.05, 4.69) is 36.4 Å². The topological polar surface area (TPSA) is 97.1 Å². The highest BCUT2D eigenvalue weighted by Gasteiger charge is 2.17. The Balaban J connectivity index is 1.71. The number of rotatable bonds is 6. The molecule has 4 aromatic rings. The third-order valence-corrected chi connectivity index (χ3v) is 5.40. The van der Waals surface area contributed by atoms with Crippen LogP contribution in [0.15, 0.2) is 73.8 Å². The number of aromatic nitrogens is 4. The van der Waals surface area contributed by atoms with Crippen LogP contribution < -0.4 is 16.7 Å². The Hall–Kier alpha value is -3.43. The maximum absolute atomic E-state index is 12.6. The zero-order chi connectivity index (χ0) is 22.7. The first-order chi connectivity index (χ1) is 15.4. The van der Waals surface area contributed by atoms with E-state index in [0.29, 0.717) is 17.5 Å². The number of aryl methyl sites for hydroxylation is 1. The molecule has 0 aliphatic carbocycles. The number of fused-ring (bicyclic) bond motifs is 1. The molecular weight excluding hydrogens is 496 g/mol. The van der Waals surface area contributed by atoms with Gasteiger partial charge in [0.1, 0.15) is 0 Å². The number of imidazole rings is 1. The molecular formula is C22H18BrClN6O2. The van der Waals surface area contributed by atoms with Gasteiger partial charge in [-0.3, -0.25) is 18.9 Å². The SMILES string of the molecule is Cn1c(=O)[nH]c(=O)c2c1nc(N/N=C\C(Br)=C\c1ccccc1)n2Cc1ccc(Cl)cc1. The van der Waals surface area contributed by atoms with E-state index in [0.717, 1.165) is 15.6 Å². The first kappa shape index (κ1) is 21.8. The molecule has 0 atom stereocenters. The molecule has 0 saturated carbocycles. The number of nitrogens with zero attached hydrogens (tertiary/aromatic N) is 4. The zero-order valence-electron chi connectivity index (χ0n) is 16.9. The molecule has 0 radical (unpaired) electrons. The summed E-state index contributed by atoms with van der Waals surface area (Å²) in [5, 5.41) is 4.85. The fourth-order valence-electron chi connectivity index (χ4n) is 3.14. The molecule has 2 heterocycles. The number of allylic oxidation sites excluding steroid dienone is 1. The third-order valence-electron chi connectivity index (χ3n) is 4.72. The van der Waals surface area contributed by atoms with Gasteiger partial charge in [-0.2, -0.15) is 10.1 Å². The van der Waals surface area contributed by atoms with Gasteiger partial charge >= 0.3 is 5.69 Å². The van der Waals surface area contributed by atoms with E-state index in [1.807, 2.05) is 48.5 Å². The van der Waals surface area contributed by atoms with Crippen LogP contribution in [0.5, 0.6) is 0 Å². The number of nitrogens with one attached hydrogen (secondary N) is 2. The number of aromatic amines is 1. The lowest BCUT2D eigenvalue weighted by atomic mass is 10.2. The summed E-state index contributed by atoms with van der Waals surface area (Å²) in [5.41, 5.74) is 4.25. The Kier molecular flexibility index (Phi) is 6.38. The fourth-order valence-corrected chi connectivity index (χ4v) is 3.64. The molecule has 2 aromatic heterocycles. The van der Waals surface area contributed by atoms with Crippen molar-refractivity contribution in [2.75, 3.05) is 5.43 Å².